The van der Waals surface area contributed by atoms with Crippen molar-refractivity contribution < 1.29 is 4.79 Å². The molecule has 1 amide bonds. The van der Waals surface area contributed by atoms with Gasteiger partial charge in [-0.2, -0.15) is 0 Å². The van der Waals surface area contributed by atoms with E-state index < -0.39 is 0 Å². The first-order valence-electron chi connectivity index (χ1n) is 7.29. The SMILES string of the molecule is Cc1ccccc1SCC(=O)NC[C@H]1CCCN(C)C1. The van der Waals surface area contributed by atoms with E-state index in [1.54, 1.807) is 11.8 Å². The summed E-state index contributed by atoms with van der Waals surface area (Å²) in [5.41, 5.74) is 1.24. The van der Waals surface area contributed by atoms with Crippen LogP contribution in [-0.2, 0) is 4.79 Å². The Morgan fingerprint density at radius 1 is 1.45 bits per heavy atom. The molecule has 1 atom stereocenters. The van der Waals surface area contributed by atoms with Crippen molar-refractivity contribution in [1.82, 2.24) is 10.2 Å². The van der Waals surface area contributed by atoms with E-state index in [-0.39, 0.29) is 5.91 Å². The van der Waals surface area contributed by atoms with E-state index in [1.165, 1.54) is 29.8 Å². The third-order valence-corrected chi connectivity index (χ3v) is 4.94. The van der Waals surface area contributed by atoms with Crippen LogP contribution in [0.5, 0.6) is 0 Å². The van der Waals surface area contributed by atoms with E-state index in [0.717, 1.165) is 13.1 Å². The lowest BCUT2D eigenvalue weighted by molar-refractivity contribution is -0.118. The molecule has 0 aliphatic carbocycles. The number of carbonyl (C=O) groups is 1. The molecule has 2 rings (SSSR count). The molecule has 0 bridgehead atoms. The lowest BCUT2D eigenvalue weighted by Gasteiger charge is -2.29. The number of rotatable bonds is 5. The monoisotopic (exact) mass is 292 g/mol. The smallest absolute Gasteiger partial charge is 0.230 e. The molecule has 1 fully saturated rings. The minimum absolute atomic E-state index is 0.145. The summed E-state index contributed by atoms with van der Waals surface area (Å²) in [4.78, 5) is 15.5. The maximum absolute atomic E-state index is 11.9. The first-order valence-corrected chi connectivity index (χ1v) is 8.27. The van der Waals surface area contributed by atoms with Crippen molar-refractivity contribution in [1.29, 1.82) is 0 Å². The Hall–Kier alpha value is -1.00. The average Bonchev–Trinajstić information content (AvgIpc) is 2.44. The van der Waals surface area contributed by atoms with E-state index in [4.69, 9.17) is 0 Å². The molecule has 20 heavy (non-hydrogen) atoms. The highest BCUT2D eigenvalue weighted by Gasteiger charge is 2.17. The number of thioether (sulfide) groups is 1. The van der Waals surface area contributed by atoms with Crippen LogP contribution in [0.3, 0.4) is 0 Å². The van der Waals surface area contributed by atoms with Crippen molar-refractivity contribution in [3.05, 3.63) is 29.8 Å². The van der Waals surface area contributed by atoms with Gasteiger partial charge in [-0.3, -0.25) is 4.79 Å². The molecule has 4 heteroatoms. The standard InChI is InChI=1S/C16H24N2OS/c1-13-6-3-4-8-15(13)20-12-16(19)17-10-14-7-5-9-18(2)11-14/h3-4,6,8,14H,5,7,9-12H2,1-2H3,(H,17,19)/t14-/m1/s1. The summed E-state index contributed by atoms with van der Waals surface area (Å²) in [6.45, 7) is 5.19. The normalized spacial score (nSPS) is 19.8. The molecule has 110 valence electrons. The topological polar surface area (TPSA) is 32.3 Å². The third kappa shape index (κ3) is 4.84. The van der Waals surface area contributed by atoms with Crippen LogP contribution >= 0.6 is 11.8 Å². The van der Waals surface area contributed by atoms with Gasteiger partial charge in [0.25, 0.3) is 0 Å². The van der Waals surface area contributed by atoms with Gasteiger partial charge in [-0.1, -0.05) is 18.2 Å². The molecule has 1 aliphatic heterocycles. The summed E-state index contributed by atoms with van der Waals surface area (Å²) in [7, 11) is 2.15. The lowest BCUT2D eigenvalue weighted by atomic mass is 9.98. The highest BCUT2D eigenvalue weighted by molar-refractivity contribution is 8.00. The molecule has 0 aromatic heterocycles. The predicted octanol–water partition coefficient (Wildman–Crippen LogP) is 2.55. The van der Waals surface area contributed by atoms with Crippen molar-refractivity contribution in [3.8, 4) is 0 Å². The summed E-state index contributed by atoms with van der Waals surface area (Å²) in [5.74, 6) is 1.26. The van der Waals surface area contributed by atoms with Gasteiger partial charge < -0.3 is 10.2 Å². The number of likely N-dealkylation sites (tertiary alicyclic amines) is 1. The first-order chi connectivity index (χ1) is 9.65. The van der Waals surface area contributed by atoms with Gasteiger partial charge >= 0.3 is 0 Å². The summed E-state index contributed by atoms with van der Waals surface area (Å²) in [6.07, 6.45) is 2.48. The fourth-order valence-electron chi connectivity index (χ4n) is 2.61. The Morgan fingerprint density at radius 3 is 3.00 bits per heavy atom. The maximum Gasteiger partial charge on any atom is 0.230 e. The minimum atomic E-state index is 0.145. The van der Waals surface area contributed by atoms with Gasteiger partial charge in [0.1, 0.15) is 0 Å². The molecule has 0 radical (unpaired) electrons. The lowest BCUT2D eigenvalue weighted by Crippen LogP contribution is -2.39. The molecule has 1 aromatic rings. The number of hydrogen-bond donors (Lipinski definition) is 1. The molecule has 0 unspecified atom stereocenters. The number of benzene rings is 1. The second kappa shape index (κ2) is 7.70. The summed E-state index contributed by atoms with van der Waals surface area (Å²) >= 11 is 1.62. The van der Waals surface area contributed by atoms with Crippen LogP contribution in [0, 0.1) is 12.8 Å². The van der Waals surface area contributed by atoms with E-state index in [9.17, 15) is 4.79 Å². The summed E-state index contributed by atoms with van der Waals surface area (Å²) in [6, 6.07) is 8.20. The maximum atomic E-state index is 11.9. The average molecular weight is 292 g/mol. The van der Waals surface area contributed by atoms with Crippen LogP contribution in [0.15, 0.2) is 29.2 Å². The molecular weight excluding hydrogens is 268 g/mol. The second-order valence-electron chi connectivity index (χ2n) is 5.63. The minimum Gasteiger partial charge on any atom is -0.355 e. The largest absolute Gasteiger partial charge is 0.355 e. The van der Waals surface area contributed by atoms with Crippen LogP contribution in [0.25, 0.3) is 0 Å². The van der Waals surface area contributed by atoms with Crippen molar-refractivity contribution >= 4 is 17.7 Å². The van der Waals surface area contributed by atoms with Gasteiger partial charge in [-0.15, -0.1) is 11.8 Å². The summed E-state index contributed by atoms with van der Waals surface area (Å²) in [5, 5.41) is 3.08. The third-order valence-electron chi connectivity index (χ3n) is 3.76. The molecule has 1 saturated heterocycles. The molecule has 3 nitrogen and oxygen atoms in total. The van der Waals surface area contributed by atoms with Crippen molar-refractivity contribution in [3.63, 3.8) is 0 Å². The fourth-order valence-corrected chi connectivity index (χ4v) is 3.47. The van der Waals surface area contributed by atoms with E-state index in [1.807, 2.05) is 12.1 Å². The number of amides is 1. The van der Waals surface area contributed by atoms with Gasteiger partial charge in [-0.05, 0) is 50.9 Å². The number of piperidine rings is 1. The Labute approximate surface area is 126 Å². The number of hydrogen-bond acceptors (Lipinski definition) is 3. The quantitative estimate of drug-likeness (QED) is 0.847. The number of carbonyl (C=O) groups excluding carboxylic acids is 1. The molecule has 1 heterocycles. The molecular formula is C16H24N2OS. The van der Waals surface area contributed by atoms with Gasteiger partial charge in [0.15, 0.2) is 0 Å². The molecule has 0 spiro atoms. The summed E-state index contributed by atoms with van der Waals surface area (Å²) < 4.78 is 0. The number of nitrogens with zero attached hydrogens (tertiary/aromatic N) is 1. The second-order valence-corrected chi connectivity index (χ2v) is 6.65. The van der Waals surface area contributed by atoms with Gasteiger partial charge in [0, 0.05) is 18.0 Å². The zero-order valence-corrected chi connectivity index (χ0v) is 13.2. The van der Waals surface area contributed by atoms with Crippen molar-refractivity contribution in [2.75, 3.05) is 32.4 Å². The molecule has 0 saturated carbocycles. The Morgan fingerprint density at radius 2 is 2.25 bits per heavy atom. The first kappa shape index (κ1) is 15.4. The Balaban J connectivity index is 1.69. The van der Waals surface area contributed by atoms with Crippen molar-refractivity contribution in [2.24, 2.45) is 5.92 Å². The number of aryl methyl sites for hydroxylation is 1. The van der Waals surface area contributed by atoms with Crippen LogP contribution < -0.4 is 5.32 Å². The highest BCUT2D eigenvalue weighted by Crippen LogP contribution is 2.21. The van der Waals surface area contributed by atoms with Crippen LogP contribution in [0.1, 0.15) is 18.4 Å². The van der Waals surface area contributed by atoms with Crippen LogP contribution in [0.2, 0.25) is 0 Å². The number of nitrogens with one attached hydrogen (secondary N) is 1. The molecule has 1 aliphatic rings. The van der Waals surface area contributed by atoms with E-state index in [0.29, 0.717) is 11.7 Å². The Bertz CT molecular complexity index is 450. The highest BCUT2D eigenvalue weighted by atomic mass is 32.2. The van der Waals surface area contributed by atoms with E-state index >= 15 is 0 Å². The molecule has 1 N–H and O–H groups in total. The van der Waals surface area contributed by atoms with Gasteiger partial charge in [-0.25, -0.2) is 0 Å². The van der Waals surface area contributed by atoms with E-state index in [2.05, 4.69) is 36.3 Å². The van der Waals surface area contributed by atoms with Gasteiger partial charge in [0.2, 0.25) is 5.91 Å². The van der Waals surface area contributed by atoms with Gasteiger partial charge in [0.05, 0.1) is 5.75 Å². The predicted molar refractivity (Wildman–Crippen MR) is 85.1 cm³/mol. The van der Waals surface area contributed by atoms with Crippen LogP contribution in [-0.4, -0.2) is 43.2 Å². The zero-order chi connectivity index (χ0) is 14.4. The fraction of sp³-hybridized carbons (Fsp3) is 0.562. The van der Waals surface area contributed by atoms with Crippen LogP contribution in [0.4, 0.5) is 0 Å². The van der Waals surface area contributed by atoms with Crippen molar-refractivity contribution in [2.45, 2.75) is 24.7 Å². The molecule has 1 aromatic carbocycles. The Kier molecular flexibility index (Phi) is 5.92. The zero-order valence-electron chi connectivity index (χ0n) is 12.4.